The molecule has 0 unspecified atom stereocenters. The minimum absolute atomic E-state index is 0. The van der Waals surface area contributed by atoms with Gasteiger partial charge in [-0.3, -0.25) is 0 Å². The summed E-state index contributed by atoms with van der Waals surface area (Å²) in [6.45, 7) is 4.08. The minimum Gasteiger partial charge on any atom is -0.508 e. The van der Waals surface area contributed by atoms with Crippen molar-refractivity contribution in [1.29, 1.82) is 0 Å². The fraction of sp³-hybridized carbons (Fsp3) is 0.455. The second kappa shape index (κ2) is 5.93. The molecule has 0 aromatic heterocycles. The van der Waals surface area contributed by atoms with E-state index in [2.05, 4.69) is 0 Å². The molecule has 0 aliphatic rings. The highest BCUT2D eigenvalue weighted by molar-refractivity contribution is 5.85. The van der Waals surface area contributed by atoms with Crippen LogP contribution < -0.4 is 5.73 Å². The normalized spacial score (nSPS) is 12.3. The molecule has 2 nitrogen and oxygen atoms in total. The monoisotopic (exact) mass is 233 g/mol. The van der Waals surface area contributed by atoms with Crippen molar-refractivity contribution >= 4 is 12.4 Å². The molecule has 0 saturated carbocycles. The van der Waals surface area contributed by atoms with Gasteiger partial charge in [-0.1, -0.05) is 13.8 Å². The van der Waals surface area contributed by atoms with Crippen LogP contribution in [0.5, 0.6) is 5.75 Å². The number of hydrogen-bond donors (Lipinski definition) is 2. The van der Waals surface area contributed by atoms with E-state index in [0.717, 1.165) is 6.42 Å². The van der Waals surface area contributed by atoms with Crippen molar-refractivity contribution in [3.05, 3.63) is 29.6 Å². The lowest BCUT2D eigenvalue weighted by molar-refractivity contribution is 0.442. The lowest BCUT2D eigenvalue weighted by Gasteiger charge is -2.15. The predicted octanol–water partition coefficient (Wildman–Crippen LogP) is 3.00. The van der Waals surface area contributed by atoms with Gasteiger partial charge in [0, 0.05) is 11.6 Å². The zero-order valence-electron chi connectivity index (χ0n) is 8.90. The van der Waals surface area contributed by atoms with E-state index in [1.165, 1.54) is 18.2 Å². The summed E-state index contributed by atoms with van der Waals surface area (Å²) in [6.07, 6.45) is 0.733. The summed E-state index contributed by atoms with van der Waals surface area (Å²) < 4.78 is 12.9. The number of phenols is 1. The second-order valence-corrected chi connectivity index (χ2v) is 3.94. The first-order valence-electron chi connectivity index (χ1n) is 4.74. The van der Waals surface area contributed by atoms with Crippen molar-refractivity contribution in [2.45, 2.75) is 26.3 Å². The third kappa shape index (κ3) is 4.06. The fourth-order valence-electron chi connectivity index (χ4n) is 1.46. The quantitative estimate of drug-likeness (QED) is 0.843. The molecule has 3 N–H and O–H groups in total. The first-order valence-corrected chi connectivity index (χ1v) is 4.74. The second-order valence-electron chi connectivity index (χ2n) is 3.94. The Kier molecular flexibility index (Phi) is 5.61. The smallest absolute Gasteiger partial charge is 0.123 e. The number of rotatable bonds is 3. The summed E-state index contributed by atoms with van der Waals surface area (Å²) in [5, 5.41) is 9.47. The van der Waals surface area contributed by atoms with Gasteiger partial charge in [-0.25, -0.2) is 4.39 Å². The predicted molar refractivity (Wildman–Crippen MR) is 61.7 cm³/mol. The Hall–Kier alpha value is -0.800. The molecule has 86 valence electrons. The number of nitrogens with two attached hydrogens (primary N) is 1. The Morgan fingerprint density at radius 2 is 2.00 bits per heavy atom. The molecule has 1 aromatic rings. The van der Waals surface area contributed by atoms with E-state index in [1.54, 1.807) is 0 Å². The molecule has 0 aliphatic heterocycles. The van der Waals surface area contributed by atoms with Gasteiger partial charge in [0.25, 0.3) is 0 Å². The Balaban J connectivity index is 0.00000196. The first-order chi connectivity index (χ1) is 6.50. The van der Waals surface area contributed by atoms with Gasteiger partial charge in [-0.05, 0) is 30.5 Å². The Labute approximate surface area is 95.7 Å². The lowest BCUT2D eigenvalue weighted by atomic mass is 9.97. The molecule has 0 radical (unpaired) electrons. The van der Waals surface area contributed by atoms with Crippen molar-refractivity contribution in [3.8, 4) is 5.75 Å². The number of phenolic OH excluding ortho intramolecular Hbond substituents is 1. The average molecular weight is 234 g/mol. The maximum absolute atomic E-state index is 12.9. The van der Waals surface area contributed by atoms with Crippen LogP contribution in [-0.4, -0.2) is 5.11 Å². The fourth-order valence-corrected chi connectivity index (χ4v) is 1.46. The van der Waals surface area contributed by atoms with E-state index in [9.17, 15) is 9.50 Å². The molecule has 0 saturated heterocycles. The van der Waals surface area contributed by atoms with Crippen LogP contribution in [0.15, 0.2) is 18.2 Å². The molecule has 0 amide bonds. The maximum atomic E-state index is 12.9. The summed E-state index contributed by atoms with van der Waals surface area (Å²) in [7, 11) is 0. The summed E-state index contributed by atoms with van der Waals surface area (Å²) in [5.41, 5.74) is 6.32. The minimum atomic E-state index is -0.364. The van der Waals surface area contributed by atoms with Crippen LogP contribution >= 0.6 is 12.4 Å². The van der Waals surface area contributed by atoms with E-state index in [-0.39, 0.29) is 30.0 Å². The SMILES string of the molecule is CC(C)C[C@@H](N)c1cc(F)ccc1O.Cl. The molecule has 4 heteroatoms. The molecule has 1 atom stereocenters. The van der Waals surface area contributed by atoms with Gasteiger partial charge in [-0.15, -0.1) is 12.4 Å². The van der Waals surface area contributed by atoms with Crippen LogP contribution in [0.4, 0.5) is 4.39 Å². The van der Waals surface area contributed by atoms with Crippen molar-refractivity contribution < 1.29 is 9.50 Å². The van der Waals surface area contributed by atoms with Gasteiger partial charge in [-0.2, -0.15) is 0 Å². The van der Waals surface area contributed by atoms with Crippen molar-refractivity contribution in [3.63, 3.8) is 0 Å². The van der Waals surface area contributed by atoms with Crippen LogP contribution in [-0.2, 0) is 0 Å². The van der Waals surface area contributed by atoms with E-state index in [4.69, 9.17) is 5.73 Å². The molecule has 1 rings (SSSR count). The molecular formula is C11H17ClFNO. The molecule has 0 bridgehead atoms. The van der Waals surface area contributed by atoms with Gasteiger partial charge in [0.15, 0.2) is 0 Å². The highest BCUT2D eigenvalue weighted by atomic mass is 35.5. The van der Waals surface area contributed by atoms with Gasteiger partial charge in [0.1, 0.15) is 11.6 Å². The molecular weight excluding hydrogens is 217 g/mol. The number of aromatic hydroxyl groups is 1. The summed E-state index contributed by atoms with van der Waals surface area (Å²) in [6, 6.07) is 3.56. The topological polar surface area (TPSA) is 46.2 Å². The summed E-state index contributed by atoms with van der Waals surface area (Å²) >= 11 is 0. The number of benzene rings is 1. The van der Waals surface area contributed by atoms with E-state index < -0.39 is 0 Å². The largest absolute Gasteiger partial charge is 0.508 e. The molecule has 0 spiro atoms. The van der Waals surface area contributed by atoms with Crippen LogP contribution in [0.3, 0.4) is 0 Å². The van der Waals surface area contributed by atoms with Crippen LogP contribution in [0, 0.1) is 11.7 Å². The highest BCUT2D eigenvalue weighted by Gasteiger charge is 2.13. The first kappa shape index (κ1) is 14.2. The van der Waals surface area contributed by atoms with Gasteiger partial charge < -0.3 is 10.8 Å². The van der Waals surface area contributed by atoms with Crippen LogP contribution in [0.1, 0.15) is 31.9 Å². The van der Waals surface area contributed by atoms with E-state index in [0.29, 0.717) is 11.5 Å². The van der Waals surface area contributed by atoms with E-state index in [1.807, 2.05) is 13.8 Å². The zero-order valence-corrected chi connectivity index (χ0v) is 9.72. The summed E-state index contributed by atoms with van der Waals surface area (Å²) in [5.74, 6) is 0.129. The molecule has 1 aromatic carbocycles. The highest BCUT2D eigenvalue weighted by Crippen LogP contribution is 2.27. The van der Waals surface area contributed by atoms with Gasteiger partial charge >= 0.3 is 0 Å². The molecule has 15 heavy (non-hydrogen) atoms. The Bertz CT molecular complexity index is 317. The summed E-state index contributed by atoms with van der Waals surface area (Å²) in [4.78, 5) is 0. The number of halogens is 2. The zero-order chi connectivity index (χ0) is 10.7. The van der Waals surface area contributed by atoms with Gasteiger partial charge in [0.2, 0.25) is 0 Å². The molecule has 0 aliphatic carbocycles. The maximum Gasteiger partial charge on any atom is 0.123 e. The van der Waals surface area contributed by atoms with Gasteiger partial charge in [0.05, 0.1) is 0 Å². The third-order valence-electron chi connectivity index (χ3n) is 2.11. The lowest BCUT2D eigenvalue weighted by Crippen LogP contribution is -2.13. The molecule has 0 heterocycles. The van der Waals surface area contributed by atoms with Crippen molar-refractivity contribution in [2.24, 2.45) is 11.7 Å². The van der Waals surface area contributed by atoms with Crippen molar-refractivity contribution in [2.75, 3.05) is 0 Å². The number of hydrogen-bond acceptors (Lipinski definition) is 2. The van der Waals surface area contributed by atoms with Crippen LogP contribution in [0.25, 0.3) is 0 Å². The standard InChI is InChI=1S/C11H16FNO.ClH/c1-7(2)5-10(13)9-6-8(12)3-4-11(9)14;/h3-4,6-7,10,14H,5,13H2,1-2H3;1H/t10-;/m1./s1. The van der Waals surface area contributed by atoms with Crippen molar-refractivity contribution in [1.82, 2.24) is 0 Å². The Morgan fingerprint density at radius 3 is 2.53 bits per heavy atom. The Morgan fingerprint density at radius 1 is 1.40 bits per heavy atom. The molecule has 0 fully saturated rings. The third-order valence-corrected chi connectivity index (χ3v) is 2.11. The average Bonchev–Trinajstić information content (AvgIpc) is 2.08. The van der Waals surface area contributed by atoms with Crippen LogP contribution in [0.2, 0.25) is 0 Å². The van der Waals surface area contributed by atoms with E-state index >= 15 is 0 Å².